The van der Waals surface area contributed by atoms with E-state index in [1.54, 1.807) is 6.92 Å². The van der Waals surface area contributed by atoms with Crippen LogP contribution in [0.3, 0.4) is 0 Å². The zero-order chi connectivity index (χ0) is 23.0. The van der Waals surface area contributed by atoms with Gasteiger partial charge in [0.2, 0.25) is 0 Å². The molecule has 0 bridgehead atoms. The Morgan fingerprint density at radius 1 is 0.613 bits per heavy atom. The van der Waals surface area contributed by atoms with Crippen molar-refractivity contribution in [1.82, 2.24) is 0 Å². The molecule has 0 aliphatic heterocycles. The van der Waals surface area contributed by atoms with Gasteiger partial charge < -0.3 is 40.9 Å². The Hall–Kier alpha value is -3.78. The number of aliphatic hydroxyl groups is 1. The molecule has 3 rings (SSSR count). The number of aliphatic hydroxyl groups excluding tert-OH is 1. The molecule has 0 aliphatic carbocycles. The van der Waals surface area contributed by atoms with Gasteiger partial charge in [-0.25, -0.2) is 0 Å². The summed E-state index contributed by atoms with van der Waals surface area (Å²) in [7, 11) is 0. The molecule has 0 radical (unpaired) electrons. The summed E-state index contributed by atoms with van der Waals surface area (Å²) in [6.45, 7) is 3.02. The lowest BCUT2D eigenvalue weighted by molar-refractivity contribution is 0.129. The van der Waals surface area contributed by atoms with Gasteiger partial charge in [0.15, 0.2) is 23.0 Å². The van der Waals surface area contributed by atoms with Gasteiger partial charge in [0.25, 0.3) is 0 Å². The minimum absolute atomic E-state index is 0.0128. The standard InChI is InChI=1S/C23H24O8/c1-10-16(26)9-19(29)20(22(10)30)11(2)23(31)21(12-3-5-14(24)17(27)7-12)13-4-6-15(25)18(28)8-13/h3-9,11,21,23-31H,1-2H3. The van der Waals surface area contributed by atoms with E-state index in [0.29, 0.717) is 11.1 Å². The van der Waals surface area contributed by atoms with Crippen molar-refractivity contribution in [2.24, 2.45) is 0 Å². The Bertz CT molecular complexity index is 1070. The van der Waals surface area contributed by atoms with E-state index < -0.39 is 35.2 Å². The van der Waals surface area contributed by atoms with Crippen molar-refractivity contribution < 1.29 is 40.9 Å². The topological polar surface area (TPSA) is 162 Å². The highest BCUT2D eigenvalue weighted by atomic mass is 16.3. The van der Waals surface area contributed by atoms with Gasteiger partial charge >= 0.3 is 0 Å². The lowest BCUT2D eigenvalue weighted by Gasteiger charge is -2.30. The third-order valence-electron chi connectivity index (χ3n) is 5.57. The van der Waals surface area contributed by atoms with Crippen molar-refractivity contribution in [2.75, 3.05) is 0 Å². The van der Waals surface area contributed by atoms with Gasteiger partial charge in [0.05, 0.1) is 6.10 Å². The largest absolute Gasteiger partial charge is 0.507 e. The molecular weight excluding hydrogens is 404 g/mol. The predicted octanol–water partition coefficient (Wildman–Crippen LogP) is 3.23. The zero-order valence-electron chi connectivity index (χ0n) is 16.9. The summed E-state index contributed by atoms with van der Waals surface area (Å²) in [4.78, 5) is 0. The van der Waals surface area contributed by atoms with Crippen LogP contribution < -0.4 is 0 Å². The fourth-order valence-corrected chi connectivity index (χ4v) is 3.72. The average Bonchev–Trinajstić information content (AvgIpc) is 2.71. The summed E-state index contributed by atoms with van der Waals surface area (Å²) in [6.07, 6.45) is -1.31. The second-order valence-corrected chi connectivity index (χ2v) is 7.56. The molecule has 0 saturated heterocycles. The summed E-state index contributed by atoms with van der Waals surface area (Å²) < 4.78 is 0. The van der Waals surface area contributed by atoms with E-state index in [1.165, 1.54) is 43.3 Å². The molecule has 2 atom stereocenters. The van der Waals surface area contributed by atoms with E-state index in [9.17, 15) is 40.9 Å². The van der Waals surface area contributed by atoms with E-state index in [4.69, 9.17) is 0 Å². The summed E-state index contributed by atoms with van der Waals surface area (Å²) in [5, 5.41) is 81.2. The number of hydrogen-bond acceptors (Lipinski definition) is 8. The highest BCUT2D eigenvalue weighted by Gasteiger charge is 2.33. The first-order valence-corrected chi connectivity index (χ1v) is 9.49. The SMILES string of the molecule is Cc1c(O)cc(O)c(C(C)C(O)C(c2ccc(O)c(O)c2)c2ccc(O)c(O)c2)c1O. The maximum absolute atomic E-state index is 11.3. The molecule has 0 saturated carbocycles. The lowest BCUT2D eigenvalue weighted by atomic mass is 9.78. The minimum atomic E-state index is -1.31. The third kappa shape index (κ3) is 3.97. The number of aromatic hydroxyl groups is 7. The molecule has 0 heterocycles. The van der Waals surface area contributed by atoms with Crippen molar-refractivity contribution in [1.29, 1.82) is 0 Å². The van der Waals surface area contributed by atoms with Crippen molar-refractivity contribution >= 4 is 0 Å². The highest BCUT2D eigenvalue weighted by molar-refractivity contribution is 5.57. The van der Waals surface area contributed by atoms with Crippen LogP contribution in [0.2, 0.25) is 0 Å². The third-order valence-corrected chi connectivity index (χ3v) is 5.57. The first kappa shape index (κ1) is 21.9. The van der Waals surface area contributed by atoms with Crippen LogP contribution in [0, 0.1) is 6.92 Å². The quantitative estimate of drug-likeness (QED) is 0.287. The summed E-state index contributed by atoms with van der Waals surface area (Å²) in [5.74, 6) is -4.42. The van der Waals surface area contributed by atoms with E-state index in [-0.39, 0.29) is 34.1 Å². The number of benzene rings is 3. The van der Waals surface area contributed by atoms with Crippen LogP contribution in [0.5, 0.6) is 40.2 Å². The van der Waals surface area contributed by atoms with Crippen molar-refractivity contribution in [3.05, 3.63) is 64.7 Å². The van der Waals surface area contributed by atoms with Gasteiger partial charge in [-0.05, 0) is 42.3 Å². The fraction of sp³-hybridized carbons (Fsp3) is 0.217. The van der Waals surface area contributed by atoms with Crippen LogP contribution in [0.4, 0.5) is 0 Å². The first-order valence-electron chi connectivity index (χ1n) is 9.49. The molecule has 3 aromatic rings. The molecule has 31 heavy (non-hydrogen) atoms. The molecule has 0 aromatic heterocycles. The average molecular weight is 428 g/mol. The Balaban J connectivity index is 2.16. The first-order chi connectivity index (χ1) is 14.5. The van der Waals surface area contributed by atoms with Crippen LogP contribution in [0.15, 0.2) is 42.5 Å². The van der Waals surface area contributed by atoms with Crippen molar-refractivity contribution in [2.45, 2.75) is 31.8 Å². The van der Waals surface area contributed by atoms with Crippen LogP contribution in [0.25, 0.3) is 0 Å². The smallest absolute Gasteiger partial charge is 0.157 e. The molecule has 0 amide bonds. The van der Waals surface area contributed by atoms with Crippen LogP contribution in [-0.2, 0) is 0 Å². The number of phenols is 7. The second kappa shape index (κ2) is 8.16. The van der Waals surface area contributed by atoms with Gasteiger partial charge in [0.1, 0.15) is 17.2 Å². The fourth-order valence-electron chi connectivity index (χ4n) is 3.72. The van der Waals surface area contributed by atoms with Crippen LogP contribution >= 0.6 is 0 Å². The van der Waals surface area contributed by atoms with Crippen molar-refractivity contribution in [3.63, 3.8) is 0 Å². The lowest BCUT2D eigenvalue weighted by Crippen LogP contribution is -2.26. The Kier molecular flexibility index (Phi) is 5.77. The highest BCUT2D eigenvalue weighted by Crippen LogP contribution is 2.46. The van der Waals surface area contributed by atoms with Crippen LogP contribution in [-0.4, -0.2) is 47.0 Å². The molecule has 164 valence electrons. The van der Waals surface area contributed by atoms with E-state index >= 15 is 0 Å². The van der Waals surface area contributed by atoms with E-state index in [0.717, 1.165) is 6.07 Å². The van der Waals surface area contributed by atoms with Gasteiger partial charge in [-0.1, -0.05) is 19.1 Å². The second-order valence-electron chi connectivity index (χ2n) is 7.56. The Morgan fingerprint density at radius 2 is 1.10 bits per heavy atom. The van der Waals surface area contributed by atoms with Crippen molar-refractivity contribution in [3.8, 4) is 40.2 Å². The molecule has 8 nitrogen and oxygen atoms in total. The summed E-state index contributed by atoms with van der Waals surface area (Å²) in [6, 6.07) is 9.01. The van der Waals surface area contributed by atoms with E-state index in [2.05, 4.69) is 0 Å². The zero-order valence-corrected chi connectivity index (χ0v) is 16.9. The Morgan fingerprint density at radius 3 is 1.55 bits per heavy atom. The summed E-state index contributed by atoms with van der Waals surface area (Å²) in [5.41, 5.74) is 0.884. The monoisotopic (exact) mass is 428 g/mol. The molecule has 0 fully saturated rings. The Labute approximate surface area is 178 Å². The summed E-state index contributed by atoms with van der Waals surface area (Å²) >= 11 is 0. The van der Waals surface area contributed by atoms with Crippen LogP contribution in [0.1, 0.15) is 41.0 Å². The van der Waals surface area contributed by atoms with Gasteiger partial charge in [0, 0.05) is 29.0 Å². The molecule has 2 unspecified atom stereocenters. The van der Waals surface area contributed by atoms with E-state index in [1.807, 2.05) is 0 Å². The number of rotatable bonds is 5. The molecule has 0 spiro atoms. The number of hydrogen-bond donors (Lipinski definition) is 8. The maximum Gasteiger partial charge on any atom is 0.157 e. The predicted molar refractivity (Wildman–Crippen MR) is 112 cm³/mol. The van der Waals surface area contributed by atoms with Gasteiger partial charge in [-0.15, -0.1) is 0 Å². The molecule has 3 aromatic carbocycles. The maximum atomic E-state index is 11.3. The van der Waals surface area contributed by atoms with Gasteiger partial charge in [-0.2, -0.15) is 0 Å². The molecular formula is C23H24O8. The number of phenolic OH excluding ortho intramolecular Hbond substituents is 7. The molecule has 0 aliphatic rings. The minimum Gasteiger partial charge on any atom is -0.507 e. The molecule has 8 N–H and O–H groups in total. The molecule has 8 heteroatoms. The normalized spacial score (nSPS) is 13.3. The van der Waals surface area contributed by atoms with Gasteiger partial charge in [-0.3, -0.25) is 0 Å².